The molecule has 2 aliphatic rings. The second-order valence-electron chi connectivity index (χ2n) is 17.7. The maximum Gasteiger partial charge on any atom is 0.0991 e. The molecule has 0 fully saturated rings. The Hall–Kier alpha value is -7.15. The van der Waals surface area contributed by atoms with E-state index in [0.717, 1.165) is 28.0 Å². The number of fused-ring (bicyclic) bond motifs is 14. The van der Waals surface area contributed by atoms with Crippen molar-refractivity contribution in [3.05, 3.63) is 191 Å². The van der Waals surface area contributed by atoms with Crippen LogP contribution in [0.1, 0.15) is 61.1 Å². The van der Waals surface area contributed by atoms with Crippen molar-refractivity contribution in [3.63, 3.8) is 0 Å². The normalized spacial score (nSPS) is 14.4. The molecule has 59 heavy (non-hydrogen) atoms. The predicted molar refractivity (Wildman–Crippen MR) is 245 cm³/mol. The van der Waals surface area contributed by atoms with Crippen molar-refractivity contribution >= 4 is 43.6 Å². The molecule has 2 aromatic heterocycles. The van der Waals surface area contributed by atoms with Gasteiger partial charge in [0.2, 0.25) is 0 Å². The van der Waals surface area contributed by atoms with Crippen molar-refractivity contribution in [1.82, 2.24) is 9.13 Å². The number of nitriles is 1. The summed E-state index contributed by atoms with van der Waals surface area (Å²) in [6, 6.07) is 60.4. The zero-order chi connectivity index (χ0) is 39.9. The average molecular weight is 756 g/mol. The van der Waals surface area contributed by atoms with Gasteiger partial charge in [-0.25, -0.2) is 0 Å². The quantitative estimate of drug-likeness (QED) is 0.177. The summed E-state index contributed by atoms with van der Waals surface area (Å²) in [6.45, 7) is 11.7. The molecule has 2 aliphatic carbocycles. The van der Waals surface area contributed by atoms with E-state index in [2.05, 4.69) is 201 Å². The third-order valence-electron chi connectivity index (χ3n) is 13.8. The van der Waals surface area contributed by atoms with Crippen LogP contribution in [0.25, 0.3) is 88.4 Å². The fraction of sp³-hybridized carbons (Fsp3) is 0.125. The molecule has 10 aromatic rings. The minimum absolute atomic E-state index is 0.170. The van der Waals surface area contributed by atoms with Crippen molar-refractivity contribution in [2.24, 2.45) is 0 Å². The van der Waals surface area contributed by atoms with E-state index in [4.69, 9.17) is 0 Å². The highest BCUT2D eigenvalue weighted by Gasteiger charge is 2.39. The van der Waals surface area contributed by atoms with Crippen LogP contribution in [0.3, 0.4) is 0 Å². The Kier molecular flexibility index (Phi) is 6.74. The van der Waals surface area contributed by atoms with Crippen LogP contribution in [0.5, 0.6) is 0 Å². The van der Waals surface area contributed by atoms with Crippen molar-refractivity contribution in [3.8, 4) is 50.8 Å². The molecular formula is C56H41N3. The number of aryl methyl sites for hydroxylation is 1. The first-order valence-electron chi connectivity index (χ1n) is 20.7. The molecule has 0 spiro atoms. The molecular weight excluding hydrogens is 715 g/mol. The summed E-state index contributed by atoms with van der Waals surface area (Å²) in [5.74, 6) is 0. The summed E-state index contributed by atoms with van der Waals surface area (Å²) in [5, 5.41) is 15.5. The van der Waals surface area contributed by atoms with Crippen LogP contribution in [-0.4, -0.2) is 9.13 Å². The lowest BCUT2D eigenvalue weighted by Gasteiger charge is -2.23. The monoisotopic (exact) mass is 755 g/mol. The van der Waals surface area contributed by atoms with Crippen LogP contribution in [0, 0.1) is 18.3 Å². The highest BCUT2D eigenvalue weighted by atomic mass is 15.0. The molecule has 0 saturated carbocycles. The van der Waals surface area contributed by atoms with Crippen LogP contribution in [-0.2, 0) is 10.8 Å². The van der Waals surface area contributed by atoms with Gasteiger partial charge in [-0.2, -0.15) is 5.26 Å². The largest absolute Gasteiger partial charge is 0.309 e. The Morgan fingerprint density at radius 1 is 0.424 bits per heavy atom. The SMILES string of the molecule is Cc1ccc(-c2cc(C#N)ccc2-n2c3ccccc3c3c4c(ccc32)-c2ccccc2C4(C)C)c(-n2c3ccccc3c3c4c(ccc32)-c2ccccc2C4(C)C)c1. The standard InChI is InChI=1S/C56H41N3/c1-33-22-24-37(50(30-33)59-46-21-13-9-17-41(46)52-49(59)29-26-39-36-15-7-11-19-44(36)56(4,5)54(39)52)42-31-34(32-57)23-27-47(42)58-45-20-12-8-16-40(45)51-48(58)28-25-38-35-14-6-10-18-43(35)55(2,3)53(38)51/h6-31H,1-5H3. The van der Waals surface area contributed by atoms with Gasteiger partial charge in [0.1, 0.15) is 0 Å². The summed E-state index contributed by atoms with van der Waals surface area (Å²) < 4.78 is 4.93. The highest BCUT2D eigenvalue weighted by Crippen LogP contribution is 2.55. The van der Waals surface area contributed by atoms with Crippen molar-refractivity contribution in [2.75, 3.05) is 0 Å². The van der Waals surface area contributed by atoms with Gasteiger partial charge in [-0.1, -0.05) is 137 Å². The van der Waals surface area contributed by atoms with E-state index in [1.807, 2.05) is 6.07 Å². The average Bonchev–Trinajstić information content (AvgIpc) is 3.92. The first-order valence-corrected chi connectivity index (χ1v) is 20.7. The van der Waals surface area contributed by atoms with Crippen LogP contribution in [0.4, 0.5) is 0 Å². The molecule has 0 bridgehead atoms. The molecule has 280 valence electrons. The number of aromatic nitrogens is 2. The molecule has 3 heteroatoms. The molecule has 12 rings (SSSR count). The Bertz CT molecular complexity index is 3520. The molecule has 0 radical (unpaired) electrons. The zero-order valence-electron chi connectivity index (χ0n) is 33.9. The minimum atomic E-state index is -0.176. The Balaban J connectivity index is 1.17. The first-order chi connectivity index (χ1) is 28.7. The Morgan fingerprint density at radius 2 is 0.915 bits per heavy atom. The molecule has 3 nitrogen and oxygen atoms in total. The molecule has 0 atom stereocenters. The van der Waals surface area contributed by atoms with E-state index >= 15 is 0 Å². The van der Waals surface area contributed by atoms with Gasteiger partial charge in [0.25, 0.3) is 0 Å². The number of para-hydroxylation sites is 2. The molecule has 2 heterocycles. The maximum atomic E-state index is 10.5. The van der Waals surface area contributed by atoms with Gasteiger partial charge in [-0.15, -0.1) is 0 Å². The van der Waals surface area contributed by atoms with Gasteiger partial charge in [0, 0.05) is 43.5 Å². The number of benzene rings is 8. The molecule has 8 aromatic carbocycles. The van der Waals surface area contributed by atoms with E-state index in [0.29, 0.717) is 5.56 Å². The van der Waals surface area contributed by atoms with Gasteiger partial charge in [-0.3, -0.25) is 0 Å². The van der Waals surface area contributed by atoms with Crippen LogP contribution < -0.4 is 0 Å². The summed E-state index contributed by atoms with van der Waals surface area (Å²) in [5.41, 5.74) is 21.1. The van der Waals surface area contributed by atoms with E-state index in [1.54, 1.807) is 0 Å². The molecule has 0 N–H and O–H groups in total. The minimum Gasteiger partial charge on any atom is -0.309 e. The third kappa shape index (κ3) is 4.36. The lowest BCUT2D eigenvalue weighted by atomic mass is 9.80. The Morgan fingerprint density at radius 3 is 1.47 bits per heavy atom. The molecule has 0 saturated heterocycles. The van der Waals surface area contributed by atoms with E-state index in [-0.39, 0.29) is 10.8 Å². The number of hydrogen-bond acceptors (Lipinski definition) is 1. The van der Waals surface area contributed by atoms with Gasteiger partial charge in [0.05, 0.1) is 45.1 Å². The van der Waals surface area contributed by atoms with E-state index < -0.39 is 0 Å². The fourth-order valence-corrected chi connectivity index (χ4v) is 11.3. The van der Waals surface area contributed by atoms with Crippen LogP contribution >= 0.6 is 0 Å². The molecule has 0 aliphatic heterocycles. The first kappa shape index (κ1) is 33.9. The Labute approximate surface area is 344 Å². The van der Waals surface area contributed by atoms with Gasteiger partial charge >= 0.3 is 0 Å². The third-order valence-corrected chi connectivity index (χ3v) is 13.8. The zero-order valence-corrected chi connectivity index (χ0v) is 33.9. The lowest BCUT2D eigenvalue weighted by molar-refractivity contribution is 0.666. The summed E-state index contributed by atoms with van der Waals surface area (Å²) in [6.07, 6.45) is 0. The maximum absolute atomic E-state index is 10.5. The smallest absolute Gasteiger partial charge is 0.0991 e. The number of nitrogens with zero attached hydrogens (tertiary/aromatic N) is 3. The summed E-state index contributed by atoms with van der Waals surface area (Å²) in [7, 11) is 0. The molecule has 0 amide bonds. The van der Waals surface area contributed by atoms with Gasteiger partial charge < -0.3 is 9.13 Å². The van der Waals surface area contributed by atoms with Crippen LogP contribution in [0.2, 0.25) is 0 Å². The summed E-state index contributed by atoms with van der Waals surface area (Å²) in [4.78, 5) is 0. The van der Waals surface area contributed by atoms with Crippen molar-refractivity contribution < 1.29 is 0 Å². The summed E-state index contributed by atoms with van der Waals surface area (Å²) >= 11 is 0. The number of hydrogen-bond donors (Lipinski definition) is 0. The van der Waals surface area contributed by atoms with Crippen molar-refractivity contribution in [2.45, 2.75) is 45.4 Å². The highest BCUT2D eigenvalue weighted by molar-refractivity contribution is 6.16. The number of rotatable bonds is 3. The van der Waals surface area contributed by atoms with Crippen molar-refractivity contribution in [1.29, 1.82) is 5.26 Å². The second-order valence-corrected chi connectivity index (χ2v) is 17.7. The lowest BCUT2D eigenvalue weighted by Crippen LogP contribution is -2.15. The molecule has 0 unspecified atom stereocenters. The van der Waals surface area contributed by atoms with Gasteiger partial charge in [-0.05, 0) is 106 Å². The van der Waals surface area contributed by atoms with E-state index in [9.17, 15) is 5.26 Å². The second kappa shape index (κ2) is 11.7. The van der Waals surface area contributed by atoms with Gasteiger partial charge in [0.15, 0.2) is 0 Å². The topological polar surface area (TPSA) is 33.6 Å². The van der Waals surface area contributed by atoms with E-state index in [1.165, 1.54) is 88.2 Å². The fourth-order valence-electron chi connectivity index (χ4n) is 11.3. The van der Waals surface area contributed by atoms with Crippen LogP contribution in [0.15, 0.2) is 158 Å². The predicted octanol–water partition coefficient (Wildman–Crippen LogP) is 14.3.